The summed E-state index contributed by atoms with van der Waals surface area (Å²) in [6, 6.07) is 15.5. The Hall–Kier alpha value is -4.27. The fraction of sp³-hybridized carbons (Fsp3) is 0.240. The number of rotatable bonds is 5. The Morgan fingerprint density at radius 1 is 0.912 bits per heavy atom. The van der Waals surface area contributed by atoms with Gasteiger partial charge in [-0.1, -0.05) is 30.3 Å². The molecule has 0 amide bonds. The Morgan fingerprint density at radius 2 is 1.65 bits per heavy atom. The van der Waals surface area contributed by atoms with Gasteiger partial charge in [0, 0.05) is 43.4 Å². The molecule has 1 aliphatic heterocycles. The zero-order valence-corrected chi connectivity index (χ0v) is 19.0. The number of aryl methyl sites for hydroxylation is 1. The fourth-order valence-electron chi connectivity index (χ4n) is 4.32. The first-order chi connectivity index (χ1) is 16.5. The third-order valence-electron chi connectivity index (χ3n) is 6.25. The van der Waals surface area contributed by atoms with Crippen molar-refractivity contribution in [2.75, 3.05) is 36.0 Å². The van der Waals surface area contributed by atoms with E-state index in [9.17, 15) is 10.1 Å². The molecule has 0 radical (unpaired) electrons. The van der Waals surface area contributed by atoms with Crippen LogP contribution in [0.4, 0.5) is 17.2 Å². The number of fused-ring (bicyclic) bond motifs is 1. The number of hydrogen-bond donors (Lipinski definition) is 0. The zero-order valence-electron chi connectivity index (χ0n) is 19.0. The monoisotopic (exact) mass is 456 g/mol. The number of para-hydroxylation sites is 1. The van der Waals surface area contributed by atoms with Crippen LogP contribution in [0, 0.1) is 24.0 Å². The summed E-state index contributed by atoms with van der Waals surface area (Å²) in [5.41, 5.74) is 4.07. The van der Waals surface area contributed by atoms with Gasteiger partial charge in [0.2, 0.25) is 5.82 Å². The molecule has 0 bridgehead atoms. The third-order valence-corrected chi connectivity index (χ3v) is 6.25. The number of ether oxygens (including phenoxy) is 1. The quantitative estimate of drug-likeness (QED) is 0.316. The number of nitro groups is 1. The van der Waals surface area contributed by atoms with Crippen LogP contribution in [0.25, 0.3) is 10.9 Å². The summed E-state index contributed by atoms with van der Waals surface area (Å²) in [5.74, 6) is 0.583. The van der Waals surface area contributed by atoms with Gasteiger partial charge in [-0.05, 0) is 43.2 Å². The molecular formula is C25H24N6O3. The molecule has 0 atom stereocenters. The predicted octanol–water partition coefficient (Wildman–Crippen LogP) is 4.67. The Labute approximate surface area is 196 Å². The van der Waals surface area contributed by atoms with Gasteiger partial charge < -0.3 is 14.5 Å². The average Bonchev–Trinajstić information content (AvgIpc) is 2.86. The van der Waals surface area contributed by atoms with Crippen molar-refractivity contribution in [1.82, 2.24) is 15.0 Å². The highest BCUT2D eigenvalue weighted by Crippen LogP contribution is 2.38. The number of piperazine rings is 1. The number of aromatic nitrogens is 3. The standard InChI is InChI=1S/C25H24N6O3/c1-17-6-3-9-20(18(17)2)29-12-14-30(15-13-29)24-23(31(32)33)25(28-16-27-24)34-21-10-4-7-19-8-5-11-26-22(19)21/h3-11,16H,12-15H2,1-2H3. The lowest BCUT2D eigenvalue weighted by molar-refractivity contribution is -0.385. The molecule has 5 rings (SSSR count). The van der Waals surface area contributed by atoms with Crippen LogP contribution >= 0.6 is 0 Å². The summed E-state index contributed by atoms with van der Waals surface area (Å²) in [7, 11) is 0. The van der Waals surface area contributed by atoms with Crippen LogP contribution in [0.5, 0.6) is 11.6 Å². The summed E-state index contributed by atoms with van der Waals surface area (Å²) >= 11 is 0. The van der Waals surface area contributed by atoms with Crippen molar-refractivity contribution in [2.45, 2.75) is 13.8 Å². The summed E-state index contributed by atoms with van der Waals surface area (Å²) in [4.78, 5) is 28.6. The Bertz CT molecular complexity index is 1360. The molecule has 0 spiro atoms. The van der Waals surface area contributed by atoms with Gasteiger partial charge in [0.25, 0.3) is 0 Å². The third kappa shape index (κ3) is 3.96. The maximum absolute atomic E-state index is 12.1. The second kappa shape index (κ2) is 8.93. The van der Waals surface area contributed by atoms with E-state index in [4.69, 9.17) is 4.74 Å². The first kappa shape index (κ1) is 21.6. The lowest BCUT2D eigenvalue weighted by atomic mass is 10.1. The van der Waals surface area contributed by atoms with E-state index in [0.29, 0.717) is 24.4 Å². The van der Waals surface area contributed by atoms with Gasteiger partial charge in [-0.15, -0.1) is 0 Å². The fourth-order valence-corrected chi connectivity index (χ4v) is 4.32. The van der Waals surface area contributed by atoms with Crippen molar-refractivity contribution >= 4 is 28.1 Å². The van der Waals surface area contributed by atoms with Crippen LogP contribution in [0.1, 0.15) is 11.1 Å². The smallest absolute Gasteiger partial charge is 0.373 e. The molecule has 0 aliphatic carbocycles. The summed E-state index contributed by atoms with van der Waals surface area (Å²) in [6.45, 7) is 6.88. The molecule has 172 valence electrons. The van der Waals surface area contributed by atoms with Crippen LogP contribution in [0.15, 0.2) is 61.1 Å². The van der Waals surface area contributed by atoms with Gasteiger partial charge in [-0.3, -0.25) is 15.1 Å². The molecule has 0 unspecified atom stereocenters. The largest absolute Gasteiger partial charge is 0.431 e. The van der Waals surface area contributed by atoms with Crippen molar-refractivity contribution in [1.29, 1.82) is 0 Å². The van der Waals surface area contributed by atoms with E-state index in [-0.39, 0.29) is 17.4 Å². The van der Waals surface area contributed by atoms with Crippen molar-refractivity contribution in [2.24, 2.45) is 0 Å². The van der Waals surface area contributed by atoms with Gasteiger partial charge >= 0.3 is 11.6 Å². The summed E-state index contributed by atoms with van der Waals surface area (Å²) in [6.07, 6.45) is 2.97. The number of nitrogens with zero attached hydrogens (tertiary/aromatic N) is 6. The van der Waals surface area contributed by atoms with Gasteiger partial charge in [0.1, 0.15) is 11.8 Å². The van der Waals surface area contributed by atoms with Crippen LogP contribution in [-0.4, -0.2) is 46.1 Å². The SMILES string of the molecule is Cc1cccc(N2CCN(c3ncnc(Oc4cccc5cccnc45)c3[N+](=O)[O-])CC2)c1C. The number of benzene rings is 2. The normalized spacial score (nSPS) is 13.8. The topological polar surface area (TPSA) is 97.5 Å². The van der Waals surface area contributed by atoms with E-state index in [2.05, 4.69) is 51.9 Å². The zero-order chi connectivity index (χ0) is 23.7. The molecule has 4 aromatic rings. The summed E-state index contributed by atoms with van der Waals surface area (Å²) in [5, 5.41) is 13.0. The van der Waals surface area contributed by atoms with Gasteiger partial charge in [0.05, 0.1) is 4.92 Å². The molecular weight excluding hydrogens is 432 g/mol. The van der Waals surface area contributed by atoms with Gasteiger partial charge in [-0.25, -0.2) is 4.98 Å². The van der Waals surface area contributed by atoms with Crippen LogP contribution < -0.4 is 14.5 Å². The Kier molecular flexibility index (Phi) is 5.67. The van der Waals surface area contributed by atoms with Gasteiger partial charge in [-0.2, -0.15) is 4.98 Å². The molecule has 34 heavy (non-hydrogen) atoms. The average molecular weight is 457 g/mol. The molecule has 1 fully saturated rings. The van der Waals surface area contributed by atoms with E-state index < -0.39 is 4.92 Å². The minimum absolute atomic E-state index is 0.0925. The van der Waals surface area contributed by atoms with E-state index >= 15 is 0 Å². The van der Waals surface area contributed by atoms with Crippen molar-refractivity contribution in [3.63, 3.8) is 0 Å². The van der Waals surface area contributed by atoms with E-state index in [0.717, 1.165) is 18.5 Å². The maximum Gasteiger partial charge on any atom is 0.373 e. The first-order valence-electron chi connectivity index (χ1n) is 11.1. The van der Waals surface area contributed by atoms with Crippen molar-refractivity contribution in [3.05, 3.63) is 82.3 Å². The van der Waals surface area contributed by atoms with Crippen molar-refractivity contribution in [3.8, 4) is 11.6 Å². The Balaban J connectivity index is 1.43. The van der Waals surface area contributed by atoms with Crippen molar-refractivity contribution < 1.29 is 9.66 Å². The molecule has 1 aliphatic rings. The minimum Gasteiger partial charge on any atom is -0.431 e. The molecule has 0 saturated carbocycles. The predicted molar refractivity (Wildman–Crippen MR) is 131 cm³/mol. The highest BCUT2D eigenvalue weighted by molar-refractivity contribution is 5.84. The molecule has 2 aromatic carbocycles. The molecule has 9 heteroatoms. The van der Waals surface area contributed by atoms with Gasteiger partial charge in [0.15, 0.2) is 5.75 Å². The molecule has 3 heterocycles. The second-order valence-electron chi connectivity index (χ2n) is 8.23. The highest BCUT2D eigenvalue weighted by Gasteiger charge is 2.31. The molecule has 0 N–H and O–H groups in total. The lowest BCUT2D eigenvalue weighted by Gasteiger charge is -2.37. The number of anilines is 2. The molecule has 1 saturated heterocycles. The molecule has 2 aromatic heterocycles. The summed E-state index contributed by atoms with van der Waals surface area (Å²) < 4.78 is 5.94. The minimum atomic E-state index is -0.472. The highest BCUT2D eigenvalue weighted by atomic mass is 16.6. The van der Waals surface area contributed by atoms with E-state index in [1.807, 2.05) is 29.2 Å². The van der Waals surface area contributed by atoms with E-state index in [1.165, 1.54) is 23.1 Å². The number of pyridine rings is 1. The molecule has 9 nitrogen and oxygen atoms in total. The lowest BCUT2D eigenvalue weighted by Crippen LogP contribution is -2.47. The van der Waals surface area contributed by atoms with E-state index in [1.54, 1.807) is 12.3 Å². The number of hydrogen-bond acceptors (Lipinski definition) is 8. The Morgan fingerprint density at radius 3 is 2.44 bits per heavy atom. The second-order valence-corrected chi connectivity index (χ2v) is 8.23. The van der Waals surface area contributed by atoms with Crippen LogP contribution in [0.3, 0.4) is 0 Å². The van der Waals surface area contributed by atoms with Crippen LogP contribution in [-0.2, 0) is 0 Å². The van der Waals surface area contributed by atoms with Crippen LogP contribution in [0.2, 0.25) is 0 Å². The maximum atomic E-state index is 12.1. The first-order valence-corrected chi connectivity index (χ1v) is 11.1.